The lowest BCUT2D eigenvalue weighted by Gasteiger charge is -2.28. The summed E-state index contributed by atoms with van der Waals surface area (Å²) in [6.45, 7) is 3.87. The Morgan fingerprint density at radius 2 is 1.93 bits per heavy atom. The second kappa shape index (κ2) is 10.9. The zero-order chi connectivity index (χ0) is 21.4. The number of nitrogens with one attached hydrogen (secondary N) is 1. The van der Waals surface area contributed by atoms with Gasteiger partial charge in [-0.05, 0) is 64.7 Å². The van der Waals surface area contributed by atoms with Crippen LogP contribution in [0.15, 0.2) is 46.9 Å². The van der Waals surface area contributed by atoms with Gasteiger partial charge in [-0.25, -0.2) is 0 Å². The molecule has 2 aromatic carbocycles. The quantitative estimate of drug-likeness (QED) is 0.618. The van der Waals surface area contributed by atoms with Gasteiger partial charge in [0.25, 0.3) is 5.91 Å². The van der Waals surface area contributed by atoms with Crippen LogP contribution in [-0.2, 0) is 22.6 Å². The maximum Gasteiger partial charge on any atom is 0.261 e. The summed E-state index contributed by atoms with van der Waals surface area (Å²) in [5.41, 5.74) is 2.03. The fraction of sp³-hybridized carbons (Fsp3) is 0.364. The number of nitrogens with zero attached hydrogens (tertiary/aromatic N) is 1. The number of carbonyl (C=O) groups excluding carboxylic acids is 2. The number of likely N-dealkylation sites (N-methyl/N-ethyl adjacent to an activating group) is 1. The Hall–Kier alpha value is -2.54. The van der Waals surface area contributed by atoms with E-state index in [0.717, 1.165) is 16.5 Å². The number of aryl methyl sites for hydroxylation is 1. The second-order valence-electron chi connectivity index (χ2n) is 6.57. The Kier molecular flexibility index (Phi) is 8.51. The van der Waals surface area contributed by atoms with Crippen molar-refractivity contribution in [1.82, 2.24) is 10.2 Å². The van der Waals surface area contributed by atoms with Crippen molar-refractivity contribution in [3.8, 4) is 11.5 Å². The first-order chi connectivity index (χ1) is 13.9. The number of hydrogen-bond acceptors (Lipinski definition) is 4. The molecule has 7 heteroatoms. The lowest BCUT2D eigenvalue weighted by atomic mass is 10.1. The standard InChI is InChI=1S/C22H27BrN2O4/c1-5-16-9-10-20(19(23)12-16)29-14-21(26)25(15(2)22(27)24-3)13-17-7-6-8-18(11-17)28-4/h6-12,15H,5,13-14H2,1-4H3,(H,24,27)/t15-/m0/s1. The zero-order valence-corrected chi connectivity index (χ0v) is 18.8. The van der Waals surface area contributed by atoms with Gasteiger partial charge in [-0.3, -0.25) is 9.59 Å². The van der Waals surface area contributed by atoms with Crippen molar-refractivity contribution >= 4 is 27.7 Å². The molecule has 0 unspecified atom stereocenters. The van der Waals surface area contributed by atoms with Crippen LogP contribution in [0.3, 0.4) is 0 Å². The van der Waals surface area contributed by atoms with Crippen LogP contribution < -0.4 is 14.8 Å². The highest BCUT2D eigenvalue weighted by Crippen LogP contribution is 2.26. The summed E-state index contributed by atoms with van der Waals surface area (Å²) in [6.07, 6.45) is 0.912. The molecule has 2 amide bonds. The highest BCUT2D eigenvalue weighted by Gasteiger charge is 2.26. The molecule has 29 heavy (non-hydrogen) atoms. The first-order valence-corrected chi connectivity index (χ1v) is 10.2. The van der Waals surface area contributed by atoms with Crippen molar-refractivity contribution in [2.75, 3.05) is 20.8 Å². The fourth-order valence-electron chi connectivity index (χ4n) is 2.86. The highest BCUT2D eigenvalue weighted by molar-refractivity contribution is 9.10. The van der Waals surface area contributed by atoms with Crippen LogP contribution in [0.1, 0.15) is 25.0 Å². The summed E-state index contributed by atoms with van der Waals surface area (Å²) in [4.78, 5) is 26.6. The van der Waals surface area contributed by atoms with Gasteiger partial charge in [-0.1, -0.05) is 25.1 Å². The van der Waals surface area contributed by atoms with Crippen molar-refractivity contribution in [1.29, 1.82) is 0 Å². The number of amides is 2. The molecule has 0 saturated carbocycles. The van der Waals surface area contributed by atoms with Gasteiger partial charge in [-0.15, -0.1) is 0 Å². The molecular formula is C22H27BrN2O4. The molecular weight excluding hydrogens is 436 g/mol. The van der Waals surface area contributed by atoms with Crippen molar-refractivity contribution in [3.63, 3.8) is 0 Å². The third kappa shape index (κ3) is 6.22. The van der Waals surface area contributed by atoms with E-state index in [1.165, 1.54) is 10.5 Å². The van der Waals surface area contributed by atoms with Crippen LogP contribution in [0.2, 0.25) is 0 Å². The van der Waals surface area contributed by atoms with Gasteiger partial charge < -0.3 is 19.7 Å². The number of methoxy groups -OCH3 is 1. The molecule has 0 aliphatic rings. The number of halogens is 1. The van der Waals surface area contributed by atoms with Crippen molar-refractivity contribution in [2.24, 2.45) is 0 Å². The van der Waals surface area contributed by atoms with E-state index in [-0.39, 0.29) is 25.0 Å². The minimum absolute atomic E-state index is 0.171. The summed E-state index contributed by atoms with van der Waals surface area (Å²) < 4.78 is 11.8. The first-order valence-electron chi connectivity index (χ1n) is 9.44. The summed E-state index contributed by atoms with van der Waals surface area (Å²) in [5, 5.41) is 2.60. The number of rotatable bonds is 9. The molecule has 0 heterocycles. The second-order valence-corrected chi connectivity index (χ2v) is 7.42. The van der Waals surface area contributed by atoms with E-state index in [1.54, 1.807) is 21.1 Å². The van der Waals surface area contributed by atoms with E-state index < -0.39 is 6.04 Å². The van der Waals surface area contributed by atoms with Crippen molar-refractivity contribution < 1.29 is 19.1 Å². The van der Waals surface area contributed by atoms with E-state index >= 15 is 0 Å². The third-order valence-corrected chi connectivity index (χ3v) is 5.28. The van der Waals surface area contributed by atoms with E-state index in [4.69, 9.17) is 9.47 Å². The molecule has 0 fully saturated rings. The largest absolute Gasteiger partial charge is 0.497 e. The van der Waals surface area contributed by atoms with E-state index in [0.29, 0.717) is 11.5 Å². The monoisotopic (exact) mass is 462 g/mol. The third-order valence-electron chi connectivity index (χ3n) is 4.66. The van der Waals surface area contributed by atoms with E-state index in [2.05, 4.69) is 28.2 Å². The summed E-state index contributed by atoms with van der Waals surface area (Å²) in [5.74, 6) is 0.758. The van der Waals surface area contributed by atoms with Crippen LogP contribution in [0.4, 0.5) is 0 Å². The summed E-state index contributed by atoms with van der Waals surface area (Å²) >= 11 is 3.48. The van der Waals surface area contributed by atoms with Gasteiger partial charge in [0.15, 0.2) is 6.61 Å². The van der Waals surface area contributed by atoms with Gasteiger partial charge in [0, 0.05) is 13.6 Å². The van der Waals surface area contributed by atoms with Gasteiger partial charge in [0.1, 0.15) is 17.5 Å². The van der Waals surface area contributed by atoms with Gasteiger partial charge in [0.05, 0.1) is 11.6 Å². The minimum Gasteiger partial charge on any atom is -0.497 e. The molecule has 0 spiro atoms. The maximum atomic E-state index is 12.9. The van der Waals surface area contributed by atoms with Crippen molar-refractivity contribution in [2.45, 2.75) is 32.9 Å². The first kappa shape index (κ1) is 22.7. The van der Waals surface area contributed by atoms with Gasteiger partial charge in [-0.2, -0.15) is 0 Å². The lowest BCUT2D eigenvalue weighted by molar-refractivity contribution is -0.142. The molecule has 1 N–H and O–H groups in total. The number of benzene rings is 2. The number of hydrogen-bond donors (Lipinski definition) is 1. The lowest BCUT2D eigenvalue weighted by Crippen LogP contribution is -2.48. The van der Waals surface area contributed by atoms with Crippen LogP contribution in [0.25, 0.3) is 0 Å². The molecule has 0 aliphatic heterocycles. The fourth-order valence-corrected chi connectivity index (χ4v) is 3.40. The Bertz CT molecular complexity index is 856. The maximum absolute atomic E-state index is 12.9. The summed E-state index contributed by atoms with van der Waals surface area (Å²) in [7, 11) is 3.14. The highest BCUT2D eigenvalue weighted by atomic mass is 79.9. The Morgan fingerprint density at radius 3 is 2.55 bits per heavy atom. The van der Waals surface area contributed by atoms with Crippen molar-refractivity contribution in [3.05, 3.63) is 58.1 Å². The molecule has 6 nitrogen and oxygen atoms in total. The minimum atomic E-state index is -0.645. The Balaban J connectivity index is 2.16. The average molecular weight is 463 g/mol. The molecule has 2 rings (SSSR count). The van der Waals surface area contributed by atoms with Crippen LogP contribution in [-0.4, -0.2) is 43.5 Å². The molecule has 0 saturated heterocycles. The Morgan fingerprint density at radius 1 is 1.17 bits per heavy atom. The topological polar surface area (TPSA) is 67.9 Å². The smallest absolute Gasteiger partial charge is 0.261 e. The van der Waals surface area contributed by atoms with Gasteiger partial charge >= 0.3 is 0 Å². The Labute approximate surface area is 180 Å². The molecule has 1 atom stereocenters. The van der Waals surface area contributed by atoms with E-state index in [1.807, 2.05) is 42.5 Å². The normalized spacial score (nSPS) is 11.5. The van der Waals surface area contributed by atoms with Crippen LogP contribution >= 0.6 is 15.9 Å². The molecule has 156 valence electrons. The molecule has 0 aliphatic carbocycles. The number of ether oxygens (including phenoxy) is 2. The predicted octanol–water partition coefficient (Wildman–Crippen LogP) is 3.56. The molecule has 0 aromatic heterocycles. The molecule has 2 aromatic rings. The number of carbonyl (C=O) groups is 2. The van der Waals surface area contributed by atoms with Crippen LogP contribution in [0.5, 0.6) is 11.5 Å². The predicted molar refractivity (Wildman–Crippen MR) is 116 cm³/mol. The molecule has 0 bridgehead atoms. The zero-order valence-electron chi connectivity index (χ0n) is 17.2. The molecule has 0 radical (unpaired) electrons. The summed E-state index contributed by atoms with van der Waals surface area (Å²) in [6, 6.07) is 12.5. The van der Waals surface area contributed by atoms with Gasteiger partial charge in [0.2, 0.25) is 5.91 Å². The average Bonchev–Trinajstić information content (AvgIpc) is 2.75. The van der Waals surface area contributed by atoms with E-state index in [9.17, 15) is 9.59 Å². The SMILES string of the molecule is CCc1ccc(OCC(=O)N(Cc2cccc(OC)c2)[C@@H](C)C(=O)NC)c(Br)c1. The van der Waals surface area contributed by atoms with Crippen LogP contribution in [0, 0.1) is 0 Å².